The maximum absolute atomic E-state index is 12.8. The molecule has 0 saturated heterocycles. The van der Waals surface area contributed by atoms with Crippen molar-refractivity contribution >= 4 is 11.9 Å². The molecule has 33 heavy (non-hydrogen) atoms. The minimum Gasteiger partial charge on any atom is -0.294 e. The van der Waals surface area contributed by atoms with Gasteiger partial charge in [0.2, 0.25) is 0 Å². The summed E-state index contributed by atoms with van der Waals surface area (Å²) in [6, 6.07) is 20.5. The molecule has 2 aromatic carbocycles. The molecule has 0 spiro atoms. The van der Waals surface area contributed by atoms with E-state index in [1.807, 2.05) is 55.7 Å². The lowest BCUT2D eigenvalue weighted by molar-refractivity contribution is 0.0993. The van der Waals surface area contributed by atoms with Crippen molar-refractivity contribution in [3.05, 3.63) is 124 Å². The fourth-order valence-electron chi connectivity index (χ4n) is 4.48. The minimum atomic E-state index is 0.148. The fourth-order valence-corrected chi connectivity index (χ4v) is 4.48. The van der Waals surface area contributed by atoms with Crippen LogP contribution in [0.1, 0.15) is 49.6 Å². The summed E-state index contributed by atoms with van der Waals surface area (Å²) < 4.78 is 0. The van der Waals surface area contributed by atoms with E-state index in [1.54, 1.807) is 0 Å². The number of nitrogens with zero attached hydrogens (tertiary/aromatic N) is 2. The van der Waals surface area contributed by atoms with Gasteiger partial charge >= 0.3 is 0 Å². The van der Waals surface area contributed by atoms with Crippen molar-refractivity contribution in [2.75, 3.05) is 0 Å². The number of aryl methyl sites for hydroxylation is 2. The molecule has 0 aliphatic heterocycles. The predicted molar refractivity (Wildman–Crippen MR) is 133 cm³/mol. The molecule has 0 N–H and O–H groups in total. The molecule has 0 radical (unpaired) electrons. The quantitative estimate of drug-likeness (QED) is 0.335. The van der Waals surface area contributed by atoms with Crippen molar-refractivity contribution in [1.29, 1.82) is 0 Å². The van der Waals surface area contributed by atoms with Gasteiger partial charge in [-0.15, -0.1) is 0 Å². The highest BCUT2D eigenvalue weighted by atomic mass is 16.1. The van der Waals surface area contributed by atoms with Gasteiger partial charge < -0.3 is 0 Å². The summed E-state index contributed by atoms with van der Waals surface area (Å²) in [5.74, 6) is 0.148. The van der Waals surface area contributed by atoms with Gasteiger partial charge in [0.05, 0.1) is 5.69 Å². The molecule has 0 unspecified atom stereocenters. The fraction of sp³-hybridized carbons (Fsp3) is 0.167. The predicted octanol–water partition coefficient (Wildman–Crippen LogP) is 6.35. The Labute approximate surface area is 194 Å². The van der Waals surface area contributed by atoms with Crippen molar-refractivity contribution < 1.29 is 4.79 Å². The van der Waals surface area contributed by atoms with Gasteiger partial charge in [-0.2, -0.15) is 0 Å². The molecule has 4 aromatic rings. The van der Waals surface area contributed by atoms with Gasteiger partial charge in [0.15, 0.2) is 5.78 Å². The number of allylic oxidation sites excluding steroid dienone is 1. The standard InChI is InChI=1S/C30H26N2O/c1-20-5-3-6-24(15-20)30(33)17-22-10-9-21(2)25(16-22)18-26-19-28(23-11-13-31-14-12-23)27-7-4-8-29(27)32-26/h3-7,9-16,19H,8,17-18H2,1-2H3. The third kappa shape index (κ3) is 4.54. The number of hydrogen-bond acceptors (Lipinski definition) is 3. The molecule has 3 nitrogen and oxygen atoms in total. The smallest absolute Gasteiger partial charge is 0.167 e. The van der Waals surface area contributed by atoms with Crippen LogP contribution in [0.4, 0.5) is 0 Å². The second-order valence-corrected chi connectivity index (χ2v) is 8.77. The van der Waals surface area contributed by atoms with Crippen LogP contribution < -0.4 is 0 Å². The van der Waals surface area contributed by atoms with E-state index in [-0.39, 0.29) is 5.78 Å². The van der Waals surface area contributed by atoms with Gasteiger partial charge in [-0.1, -0.05) is 54.1 Å². The van der Waals surface area contributed by atoms with Crippen molar-refractivity contribution in [2.24, 2.45) is 0 Å². The van der Waals surface area contributed by atoms with E-state index in [9.17, 15) is 4.79 Å². The number of rotatable bonds is 6. The average molecular weight is 431 g/mol. The third-order valence-corrected chi connectivity index (χ3v) is 6.27. The molecule has 0 fully saturated rings. The summed E-state index contributed by atoms with van der Waals surface area (Å²) in [4.78, 5) is 22.0. The topological polar surface area (TPSA) is 42.9 Å². The van der Waals surface area contributed by atoms with Crippen molar-refractivity contribution in [3.8, 4) is 11.1 Å². The maximum Gasteiger partial charge on any atom is 0.167 e. The van der Waals surface area contributed by atoms with Crippen LogP contribution in [0, 0.1) is 13.8 Å². The summed E-state index contributed by atoms with van der Waals surface area (Å²) >= 11 is 0. The highest BCUT2D eigenvalue weighted by Gasteiger charge is 2.16. The van der Waals surface area contributed by atoms with E-state index >= 15 is 0 Å². The normalized spacial score (nSPS) is 12.1. The number of fused-ring (bicyclic) bond motifs is 1. The van der Waals surface area contributed by atoms with Crippen LogP contribution in [0.2, 0.25) is 0 Å². The second-order valence-electron chi connectivity index (χ2n) is 8.77. The van der Waals surface area contributed by atoms with Crippen LogP contribution in [-0.2, 0) is 19.3 Å². The number of carbonyl (C=O) groups is 1. The molecule has 0 bridgehead atoms. The zero-order valence-corrected chi connectivity index (χ0v) is 19.0. The van der Waals surface area contributed by atoms with E-state index in [2.05, 4.69) is 48.3 Å². The Balaban J connectivity index is 1.44. The molecule has 0 amide bonds. The number of aromatic nitrogens is 2. The largest absolute Gasteiger partial charge is 0.294 e. The number of Topliss-reactive ketones (excluding diaryl/α,β-unsaturated/α-hetero) is 1. The summed E-state index contributed by atoms with van der Waals surface area (Å²) in [7, 11) is 0. The lowest BCUT2D eigenvalue weighted by Crippen LogP contribution is -2.05. The lowest BCUT2D eigenvalue weighted by Gasteiger charge is -2.13. The maximum atomic E-state index is 12.8. The molecular formula is C30H26N2O. The molecule has 0 saturated carbocycles. The zero-order chi connectivity index (χ0) is 22.8. The molecule has 162 valence electrons. The van der Waals surface area contributed by atoms with Crippen LogP contribution in [0.25, 0.3) is 17.2 Å². The molecule has 3 heteroatoms. The van der Waals surface area contributed by atoms with Crippen LogP contribution in [0.3, 0.4) is 0 Å². The summed E-state index contributed by atoms with van der Waals surface area (Å²) in [6.07, 6.45) is 10.0. The van der Waals surface area contributed by atoms with Gasteiger partial charge in [-0.25, -0.2) is 0 Å². The van der Waals surface area contributed by atoms with Gasteiger partial charge in [0.1, 0.15) is 0 Å². The van der Waals surface area contributed by atoms with Gasteiger partial charge in [0, 0.05) is 48.5 Å². The summed E-state index contributed by atoms with van der Waals surface area (Å²) in [6.45, 7) is 4.14. The number of benzene rings is 2. The first-order valence-corrected chi connectivity index (χ1v) is 11.3. The molecule has 1 aliphatic rings. The van der Waals surface area contributed by atoms with E-state index in [0.717, 1.165) is 46.5 Å². The van der Waals surface area contributed by atoms with E-state index in [4.69, 9.17) is 4.98 Å². The van der Waals surface area contributed by atoms with E-state index in [1.165, 1.54) is 22.3 Å². The minimum absolute atomic E-state index is 0.148. The molecule has 2 aromatic heterocycles. The van der Waals surface area contributed by atoms with E-state index < -0.39 is 0 Å². The molecule has 5 rings (SSSR count). The van der Waals surface area contributed by atoms with Gasteiger partial charge in [-0.05, 0) is 65.9 Å². The highest BCUT2D eigenvalue weighted by molar-refractivity contribution is 5.97. The number of pyridine rings is 2. The second kappa shape index (κ2) is 8.95. The first kappa shape index (κ1) is 21.0. The Morgan fingerprint density at radius 1 is 0.970 bits per heavy atom. The van der Waals surface area contributed by atoms with Crippen molar-refractivity contribution in [3.63, 3.8) is 0 Å². The highest BCUT2D eigenvalue weighted by Crippen LogP contribution is 2.31. The van der Waals surface area contributed by atoms with Crippen LogP contribution >= 0.6 is 0 Å². The Bertz CT molecular complexity index is 1370. The Hall–Kier alpha value is -3.85. The first-order valence-electron chi connectivity index (χ1n) is 11.3. The molecule has 1 aliphatic carbocycles. The first-order chi connectivity index (χ1) is 16.1. The summed E-state index contributed by atoms with van der Waals surface area (Å²) in [5.41, 5.74) is 11.1. The number of carbonyl (C=O) groups excluding carboxylic acids is 1. The summed E-state index contributed by atoms with van der Waals surface area (Å²) in [5, 5.41) is 0. The lowest BCUT2D eigenvalue weighted by atomic mass is 9.94. The van der Waals surface area contributed by atoms with Crippen LogP contribution in [0.15, 0.2) is 79.1 Å². The number of hydrogen-bond donors (Lipinski definition) is 0. The Kier molecular flexibility index (Phi) is 5.70. The van der Waals surface area contributed by atoms with Crippen molar-refractivity contribution in [2.45, 2.75) is 33.1 Å². The molecular weight excluding hydrogens is 404 g/mol. The Morgan fingerprint density at radius 2 is 1.82 bits per heavy atom. The SMILES string of the molecule is Cc1cccc(C(=O)Cc2ccc(C)c(Cc3cc(-c4ccncc4)c4c(n3)CC=C4)c2)c1. The van der Waals surface area contributed by atoms with Crippen LogP contribution in [0.5, 0.6) is 0 Å². The van der Waals surface area contributed by atoms with Gasteiger partial charge in [-0.3, -0.25) is 14.8 Å². The molecule has 2 heterocycles. The third-order valence-electron chi connectivity index (χ3n) is 6.27. The monoisotopic (exact) mass is 430 g/mol. The zero-order valence-electron chi connectivity index (χ0n) is 19.0. The van der Waals surface area contributed by atoms with Crippen LogP contribution in [-0.4, -0.2) is 15.8 Å². The average Bonchev–Trinajstić information content (AvgIpc) is 3.30. The van der Waals surface area contributed by atoms with E-state index in [0.29, 0.717) is 6.42 Å². The van der Waals surface area contributed by atoms with Gasteiger partial charge in [0.25, 0.3) is 0 Å². The molecule has 0 atom stereocenters. The Morgan fingerprint density at radius 3 is 2.64 bits per heavy atom. The van der Waals surface area contributed by atoms with Crippen molar-refractivity contribution in [1.82, 2.24) is 9.97 Å². The number of ketones is 1.